The lowest BCUT2D eigenvalue weighted by molar-refractivity contribution is -0.142. The molecule has 7 heteroatoms. The Balaban J connectivity index is 1.91. The molecule has 1 heterocycles. The Bertz CT molecular complexity index is 584. The van der Waals surface area contributed by atoms with Gasteiger partial charge in [0.2, 0.25) is 17.7 Å². The Morgan fingerprint density at radius 3 is 2.46 bits per heavy atom. The number of nitrogens with zero attached hydrogens (tertiary/aromatic N) is 1. The van der Waals surface area contributed by atoms with Crippen molar-refractivity contribution in [2.24, 2.45) is 0 Å². The van der Waals surface area contributed by atoms with Gasteiger partial charge in [-0.3, -0.25) is 19.3 Å². The zero-order valence-corrected chi connectivity index (χ0v) is 13.7. The van der Waals surface area contributed by atoms with Gasteiger partial charge in [-0.1, -0.05) is 29.8 Å². The molecule has 0 bridgehead atoms. The SMILES string of the molecule is Cc1ccc(C(CNC(=O)CN2C(=O)CCC2=O)OCCO)cc1. The summed E-state index contributed by atoms with van der Waals surface area (Å²) in [4.78, 5) is 36.0. The molecule has 0 aromatic heterocycles. The van der Waals surface area contributed by atoms with E-state index in [-0.39, 0.29) is 51.0 Å². The van der Waals surface area contributed by atoms with E-state index in [1.165, 1.54) is 0 Å². The highest BCUT2D eigenvalue weighted by Crippen LogP contribution is 2.17. The number of aryl methyl sites for hydroxylation is 1. The number of hydrogen-bond acceptors (Lipinski definition) is 5. The van der Waals surface area contributed by atoms with Gasteiger partial charge in [-0.2, -0.15) is 0 Å². The van der Waals surface area contributed by atoms with E-state index in [9.17, 15) is 14.4 Å². The number of imide groups is 1. The van der Waals surface area contributed by atoms with Gasteiger partial charge < -0.3 is 15.2 Å². The van der Waals surface area contributed by atoms with Crippen molar-refractivity contribution in [3.8, 4) is 0 Å². The van der Waals surface area contributed by atoms with E-state index < -0.39 is 12.0 Å². The van der Waals surface area contributed by atoms with Crippen molar-refractivity contribution in [1.82, 2.24) is 10.2 Å². The van der Waals surface area contributed by atoms with Gasteiger partial charge in [-0.15, -0.1) is 0 Å². The molecule has 24 heavy (non-hydrogen) atoms. The number of carbonyl (C=O) groups is 3. The van der Waals surface area contributed by atoms with Gasteiger partial charge in [0.25, 0.3) is 0 Å². The van der Waals surface area contributed by atoms with E-state index in [2.05, 4.69) is 5.32 Å². The molecule has 130 valence electrons. The van der Waals surface area contributed by atoms with Crippen LogP contribution in [-0.4, -0.2) is 54.0 Å². The minimum absolute atomic E-state index is 0.118. The summed E-state index contributed by atoms with van der Waals surface area (Å²) >= 11 is 0. The highest BCUT2D eigenvalue weighted by atomic mass is 16.5. The molecular formula is C17H22N2O5. The summed E-state index contributed by atoms with van der Waals surface area (Å²) in [5.74, 6) is -1.05. The van der Waals surface area contributed by atoms with Crippen LogP contribution in [0, 0.1) is 6.92 Å². The molecule has 3 amide bonds. The maximum absolute atomic E-state index is 12.0. The Morgan fingerprint density at radius 1 is 1.25 bits per heavy atom. The highest BCUT2D eigenvalue weighted by molar-refractivity contribution is 6.04. The minimum Gasteiger partial charge on any atom is -0.394 e. The van der Waals surface area contributed by atoms with Gasteiger partial charge in [0, 0.05) is 19.4 Å². The van der Waals surface area contributed by atoms with Gasteiger partial charge in [0.05, 0.1) is 19.3 Å². The van der Waals surface area contributed by atoms with Crippen molar-refractivity contribution in [2.45, 2.75) is 25.9 Å². The number of likely N-dealkylation sites (tertiary alicyclic amines) is 1. The summed E-state index contributed by atoms with van der Waals surface area (Å²) in [6, 6.07) is 7.68. The summed E-state index contributed by atoms with van der Waals surface area (Å²) in [5, 5.41) is 11.6. The van der Waals surface area contributed by atoms with Crippen LogP contribution in [0.2, 0.25) is 0 Å². The van der Waals surface area contributed by atoms with Crippen LogP contribution in [-0.2, 0) is 19.1 Å². The molecule has 0 saturated carbocycles. The van der Waals surface area contributed by atoms with E-state index in [0.717, 1.165) is 16.0 Å². The standard InChI is InChI=1S/C17H22N2O5/c1-12-2-4-13(5-3-12)14(24-9-8-20)10-18-15(21)11-19-16(22)6-7-17(19)23/h2-5,14,20H,6-11H2,1H3,(H,18,21). The number of amides is 3. The average molecular weight is 334 g/mol. The zero-order chi connectivity index (χ0) is 17.5. The molecular weight excluding hydrogens is 312 g/mol. The zero-order valence-electron chi connectivity index (χ0n) is 13.7. The molecule has 1 atom stereocenters. The number of carbonyl (C=O) groups excluding carboxylic acids is 3. The summed E-state index contributed by atoms with van der Waals surface area (Å²) in [6.45, 7) is 1.93. The predicted octanol–water partition coefficient (Wildman–Crippen LogP) is 0.310. The fraction of sp³-hybridized carbons (Fsp3) is 0.471. The number of hydrogen-bond donors (Lipinski definition) is 2. The first-order valence-electron chi connectivity index (χ1n) is 7.90. The molecule has 1 aromatic carbocycles. The van der Waals surface area contributed by atoms with E-state index >= 15 is 0 Å². The lowest BCUT2D eigenvalue weighted by atomic mass is 10.1. The number of benzene rings is 1. The van der Waals surface area contributed by atoms with Crippen LogP contribution in [0.5, 0.6) is 0 Å². The molecule has 1 saturated heterocycles. The fourth-order valence-corrected chi connectivity index (χ4v) is 2.45. The molecule has 0 radical (unpaired) electrons. The molecule has 1 aromatic rings. The molecule has 1 aliphatic heterocycles. The summed E-state index contributed by atoms with van der Waals surface area (Å²) in [7, 11) is 0. The topological polar surface area (TPSA) is 95.9 Å². The van der Waals surface area contributed by atoms with Crippen LogP contribution in [0.15, 0.2) is 24.3 Å². The van der Waals surface area contributed by atoms with Crippen LogP contribution in [0.3, 0.4) is 0 Å². The van der Waals surface area contributed by atoms with Crippen molar-refractivity contribution < 1.29 is 24.2 Å². The molecule has 2 rings (SSSR count). The van der Waals surface area contributed by atoms with E-state index in [1.807, 2.05) is 31.2 Å². The molecule has 1 unspecified atom stereocenters. The van der Waals surface area contributed by atoms with Crippen molar-refractivity contribution in [2.75, 3.05) is 26.3 Å². The van der Waals surface area contributed by atoms with E-state index in [4.69, 9.17) is 9.84 Å². The number of rotatable bonds is 8. The van der Waals surface area contributed by atoms with Gasteiger partial charge >= 0.3 is 0 Å². The molecule has 0 aliphatic carbocycles. The molecule has 1 fully saturated rings. The highest BCUT2D eigenvalue weighted by Gasteiger charge is 2.30. The lowest BCUT2D eigenvalue weighted by Gasteiger charge is -2.20. The third-order valence-corrected chi connectivity index (χ3v) is 3.80. The molecule has 1 aliphatic rings. The largest absolute Gasteiger partial charge is 0.394 e. The van der Waals surface area contributed by atoms with E-state index in [1.54, 1.807) is 0 Å². The third-order valence-electron chi connectivity index (χ3n) is 3.80. The first-order valence-corrected chi connectivity index (χ1v) is 7.90. The number of ether oxygens (including phenoxy) is 1. The van der Waals surface area contributed by atoms with Gasteiger partial charge in [0.1, 0.15) is 6.54 Å². The lowest BCUT2D eigenvalue weighted by Crippen LogP contribution is -2.41. The van der Waals surface area contributed by atoms with Crippen molar-refractivity contribution in [3.05, 3.63) is 35.4 Å². The smallest absolute Gasteiger partial charge is 0.240 e. The Morgan fingerprint density at radius 2 is 1.88 bits per heavy atom. The fourth-order valence-electron chi connectivity index (χ4n) is 2.45. The van der Waals surface area contributed by atoms with Crippen LogP contribution >= 0.6 is 0 Å². The maximum atomic E-state index is 12.0. The van der Waals surface area contributed by atoms with Gasteiger partial charge in [-0.25, -0.2) is 0 Å². The summed E-state index contributed by atoms with van der Waals surface area (Å²) < 4.78 is 5.57. The van der Waals surface area contributed by atoms with E-state index in [0.29, 0.717) is 0 Å². The molecule has 7 nitrogen and oxygen atoms in total. The number of nitrogens with one attached hydrogen (secondary N) is 1. The Labute approximate surface area is 140 Å². The monoisotopic (exact) mass is 334 g/mol. The summed E-state index contributed by atoms with van der Waals surface area (Å²) in [5.41, 5.74) is 1.98. The quantitative estimate of drug-likeness (QED) is 0.667. The van der Waals surface area contributed by atoms with Crippen molar-refractivity contribution >= 4 is 17.7 Å². The maximum Gasteiger partial charge on any atom is 0.240 e. The van der Waals surface area contributed by atoms with Crippen LogP contribution < -0.4 is 5.32 Å². The van der Waals surface area contributed by atoms with Crippen LogP contribution in [0.25, 0.3) is 0 Å². The van der Waals surface area contributed by atoms with Crippen LogP contribution in [0.4, 0.5) is 0 Å². The van der Waals surface area contributed by atoms with Crippen LogP contribution in [0.1, 0.15) is 30.1 Å². The second kappa shape index (κ2) is 8.56. The van der Waals surface area contributed by atoms with Crippen molar-refractivity contribution in [1.29, 1.82) is 0 Å². The summed E-state index contributed by atoms with van der Waals surface area (Å²) in [6.07, 6.45) is -0.0817. The number of aliphatic hydroxyl groups is 1. The van der Waals surface area contributed by atoms with Crippen molar-refractivity contribution in [3.63, 3.8) is 0 Å². The molecule has 2 N–H and O–H groups in total. The third kappa shape index (κ3) is 4.87. The Hall–Kier alpha value is -2.25. The first-order chi connectivity index (χ1) is 11.5. The van der Waals surface area contributed by atoms with Gasteiger partial charge in [-0.05, 0) is 12.5 Å². The Kier molecular flexibility index (Phi) is 6.45. The van der Waals surface area contributed by atoms with Gasteiger partial charge in [0.15, 0.2) is 0 Å². The normalized spacial score (nSPS) is 15.7. The first kappa shape index (κ1) is 18.1. The predicted molar refractivity (Wildman–Crippen MR) is 85.9 cm³/mol. The molecule has 0 spiro atoms. The average Bonchev–Trinajstić information content (AvgIpc) is 2.88. The second-order valence-electron chi connectivity index (χ2n) is 5.67. The second-order valence-corrected chi connectivity index (χ2v) is 5.67. The number of aliphatic hydroxyl groups excluding tert-OH is 1. The minimum atomic E-state index is -0.414.